The van der Waals surface area contributed by atoms with Crippen LogP contribution in [0.15, 0.2) is 41.4 Å². The maximum atomic E-state index is 11.9. The van der Waals surface area contributed by atoms with Gasteiger partial charge in [-0.2, -0.15) is 4.98 Å². The Bertz CT molecular complexity index is 1060. The fourth-order valence-electron chi connectivity index (χ4n) is 4.45. The Morgan fingerprint density at radius 1 is 1.26 bits per heavy atom. The predicted molar refractivity (Wildman–Crippen MR) is 128 cm³/mol. The fraction of sp³-hybridized carbons (Fsp3) is 0.565. The smallest absolute Gasteiger partial charge is 0.240 e. The average Bonchev–Trinajstić information content (AvgIpc) is 3.26. The molecule has 0 aliphatic carbocycles. The molecule has 0 bridgehead atoms. The molecule has 3 heterocycles. The van der Waals surface area contributed by atoms with Crippen LogP contribution in [0.5, 0.6) is 11.6 Å². The van der Waals surface area contributed by atoms with Crippen LogP contribution in [-0.4, -0.2) is 77.0 Å². The summed E-state index contributed by atoms with van der Waals surface area (Å²) in [5.74, 6) is 1.83. The zero-order valence-electron chi connectivity index (χ0n) is 19.7. The van der Waals surface area contributed by atoms with Gasteiger partial charge in [0.1, 0.15) is 5.75 Å². The van der Waals surface area contributed by atoms with E-state index in [-0.39, 0.29) is 10.5 Å². The van der Waals surface area contributed by atoms with Gasteiger partial charge in [0.2, 0.25) is 21.9 Å². The molecule has 0 saturated carbocycles. The van der Waals surface area contributed by atoms with Gasteiger partial charge < -0.3 is 24.4 Å². The highest BCUT2D eigenvalue weighted by Gasteiger charge is 2.42. The second-order valence-corrected chi connectivity index (χ2v) is 10.5. The van der Waals surface area contributed by atoms with Crippen molar-refractivity contribution in [2.24, 2.45) is 0 Å². The summed E-state index contributed by atoms with van der Waals surface area (Å²) in [4.78, 5) is 11.2. The van der Waals surface area contributed by atoms with Gasteiger partial charge in [0.15, 0.2) is 0 Å². The van der Waals surface area contributed by atoms with Crippen LogP contribution in [0.4, 0.5) is 5.95 Å². The number of aromatic nitrogens is 2. The SMILES string of the molecule is CNS(=O)(=O)c1cccc(OCCCN[C@H]2COC3(CCN(c4nccc(OC)n4)CC3)C2)c1. The molecule has 34 heavy (non-hydrogen) atoms. The van der Waals surface area contributed by atoms with E-state index in [0.29, 0.717) is 36.8 Å². The van der Waals surface area contributed by atoms with E-state index in [1.165, 1.54) is 13.1 Å². The molecule has 186 valence electrons. The normalized spacial score (nSPS) is 19.9. The maximum absolute atomic E-state index is 11.9. The molecule has 2 N–H and O–H groups in total. The summed E-state index contributed by atoms with van der Waals surface area (Å²) < 4.78 is 43.4. The third kappa shape index (κ3) is 5.96. The minimum absolute atomic E-state index is 0.0806. The monoisotopic (exact) mass is 491 g/mol. The van der Waals surface area contributed by atoms with E-state index in [2.05, 4.69) is 24.9 Å². The molecule has 2 fully saturated rings. The van der Waals surface area contributed by atoms with Crippen molar-refractivity contribution in [2.75, 3.05) is 51.9 Å². The van der Waals surface area contributed by atoms with Gasteiger partial charge in [-0.05, 0) is 51.4 Å². The number of benzene rings is 1. The minimum atomic E-state index is -3.48. The van der Waals surface area contributed by atoms with Crippen molar-refractivity contribution in [1.29, 1.82) is 0 Å². The first kappa shape index (κ1) is 24.6. The topological polar surface area (TPSA) is 115 Å². The number of hydrogen-bond acceptors (Lipinski definition) is 9. The van der Waals surface area contributed by atoms with Crippen LogP contribution in [0.2, 0.25) is 0 Å². The molecule has 1 aromatic heterocycles. The number of hydrogen-bond donors (Lipinski definition) is 2. The maximum Gasteiger partial charge on any atom is 0.240 e. The molecular formula is C23H33N5O5S. The highest BCUT2D eigenvalue weighted by molar-refractivity contribution is 7.89. The molecule has 0 unspecified atom stereocenters. The lowest BCUT2D eigenvalue weighted by atomic mass is 9.87. The molecule has 2 aromatic rings. The number of nitrogens with zero attached hydrogens (tertiary/aromatic N) is 3. The number of rotatable bonds is 10. The van der Waals surface area contributed by atoms with Crippen LogP contribution >= 0.6 is 0 Å². The molecule has 0 amide bonds. The van der Waals surface area contributed by atoms with E-state index >= 15 is 0 Å². The summed E-state index contributed by atoms with van der Waals surface area (Å²) in [5.41, 5.74) is -0.0806. The highest BCUT2D eigenvalue weighted by Crippen LogP contribution is 2.36. The third-order valence-corrected chi connectivity index (χ3v) is 7.81. The molecule has 2 saturated heterocycles. The molecule has 10 nitrogen and oxygen atoms in total. The lowest BCUT2D eigenvalue weighted by Crippen LogP contribution is -2.45. The van der Waals surface area contributed by atoms with Crippen molar-refractivity contribution >= 4 is 16.0 Å². The molecule has 0 radical (unpaired) electrons. The van der Waals surface area contributed by atoms with Crippen molar-refractivity contribution in [2.45, 2.75) is 42.2 Å². The van der Waals surface area contributed by atoms with Crippen molar-refractivity contribution in [3.63, 3.8) is 0 Å². The number of nitrogens with one attached hydrogen (secondary N) is 2. The quantitative estimate of drug-likeness (QED) is 0.478. The lowest BCUT2D eigenvalue weighted by molar-refractivity contribution is -0.0151. The first-order valence-electron chi connectivity index (χ1n) is 11.6. The van der Waals surface area contributed by atoms with Crippen LogP contribution in [0.3, 0.4) is 0 Å². The Morgan fingerprint density at radius 3 is 2.85 bits per heavy atom. The highest BCUT2D eigenvalue weighted by atomic mass is 32.2. The zero-order chi connectivity index (χ0) is 24.0. The Labute approximate surface area is 201 Å². The second-order valence-electron chi connectivity index (χ2n) is 8.62. The van der Waals surface area contributed by atoms with Gasteiger partial charge in [-0.25, -0.2) is 18.1 Å². The van der Waals surface area contributed by atoms with Gasteiger partial charge in [0, 0.05) is 37.5 Å². The number of ether oxygens (including phenoxy) is 3. The van der Waals surface area contributed by atoms with E-state index in [1.54, 1.807) is 37.6 Å². The number of anilines is 1. The minimum Gasteiger partial charge on any atom is -0.494 e. The van der Waals surface area contributed by atoms with Crippen molar-refractivity contribution < 1.29 is 22.6 Å². The van der Waals surface area contributed by atoms with Gasteiger partial charge >= 0.3 is 0 Å². The van der Waals surface area contributed by atoms with E-state index in [1.807, 2.05) is 0 Å². The lowest BCUT2D eigenvalue weighted by Gasteiger charge is -2.38. The Hall–Kier alpha value is -2.47. The van der Waals surface area contributed by atoms with Gasteiger partial charge in [-0.3, -0.25) is 0 Å². The largest absolute Gasteiger partial charge is 0.494 e. The molecule has 11 heteroatoms. The summed E-state index contributed by atoms with van der Waals surface area (Å²) >= 11 is 0. The van der Waals surface area contributed by atoms with Crippen LogP contribution in [-0.2, 0) is 14.8 Å². The molecule has 4 rings (SSSR count). The first-order chi connectivity index (χ1) is 16.4. The Kier molecular flexibility index (Phi) is 7.87. The third-order valence-electron chi connectivity index (χ3n) is 6.40. The second kappa shape index (κ2) is 10.9. The van der Waals surface area contributed by atoms with Gasteiger partial charge in [-0.1, -0.05) is 6.07 Å². The summed E-state index contributed by atoms with van der Waals surface area (Å²) in [5, 5.41) is 3.58. The summed E-state index contributed by atoms with van der Waals surface area (Å²) in [6.45, 7) is 3.74. The van der Waals surface area contributed by atoms with Crippen LogP contribution < -0.4 is 24.4 Å². The van der Waals surface area contributed by atoms with Crippen LogP contribution in [0.25, 0.3) is 0 Å². The van der Waals surface area contributed by atoms with Crippen LogP contribution in [0, 0.1) is 0 Å². The predicted octanol–water partition coefficient (Wildman–Crippen LogP) is 1.58. The van der Waals surface area contributed by atoms with Crippen molar-refractivity contribution in [1.82, 2.24) is 20.0 Å². The standard InChI is InChI=1S/C23H33N5O5S/c1-24-34(29,30)20-6-3-5-19(15-20)32-14-4-10-25-18-16-23(33-17-18)8-12-28(13-9-23)22-26-11-7-21(27-22)31-2/h3,5-7,11,15,18,24-25H,4,8-10,12-14,16-17H2,1-2H3/t18-/m1/s1. The number of methoxy groups -OCH3 is 1. The van der Waals surface area contributed by atoms with Gasteiger partial charge in [0.25, 0.3) is 0 Å². The van der Waals surface area contributed by atoms with Gasteiger partial charge in [0.05, 0.1) is 30.8 Å². The molecular weight excluding hydrogens is 458 g/mol. The average molecular weight is 492 g/mol. The summed E-state index contributed by atoms with van der Waals surface area (Å²) in [7, 11) is -0.473. The number of sulfonamides is 1. The molecule has 1 atom stereocenters. The molecule has 1 aromatic carbocycles. The van der Waals surface area contributed by atoms with Crippen LogP contribution in [0.1, 0.15) is 25.7 Å². The summed E-state index contributed by atoms with van der Waals surface area (Å²) in [6, 6.07) is 8.60. The number of piperidine rings is 1. The van der Waals surface area contributed by atoms with Gasteiger partial charge in [-0.15, -0.1) is 0 Å². The van der Waals surface area contributed by atoms with Crippen molar-refractivity contribution in [3.8, 4) is 11.6 Å². The van der Waals surface area contributed by atoms with E-state index in [0.717, 1.165) is 45.3 Å². The fourth-order valence-corrected chi connectivity index (χ4v) is 5.22. The summed E-state index contributed by atoms with van der Waals surface area (Å²) in [6.07, 6.45) is 5.42. The Morgan fingerprint density at radius 2 is 2.09 bits per heavy atom. The van der Waals surface area contributed by atoms with E-state index in [4.69, 9.17) is 14.2 Å². The molecule has 2 aliphatic rings. The first-order valence-corrected chi connectivity index (χ1v) is 13.1. The van der Waals surface area contributed by atoms with E-state index in [9.17, 15) is 8.42 Å². The Balaban J connectivity index is 1.17. The molecule has 2 aliphatic heterocycles. The molecule has 1 spiro atoms. The zero-order valence-corrected chi connectivity index (χ0v) is 20.5. The van der Waals surface area contributed by atoms with Crippen molar-refractivity contribution in [3.05, 3.63) is 36.5 Å². The van der Waals surface area contributed by atoms with E-state index < -0.39 is 10.0 Å².